The second-order valence-electron chi connectivity index (χ2n) is 4.39. The molecule has 1 atom stereocenters. The molecule has 0 bridgehead atoms. The summed E-state index contributed by atoms with van der Waals surface area (Å²) in [5.74, 6) is 0.0877. The summed E-state index contributed by atoms with van der Waals surface area (Å²) >= 11 is 6.82. The van der Waals surface area contributed by atoms with Gasteiger partial charge >= 0.3 is 0 Å². The minimum Gasteiger partial charge on any atom is -0.354 e. The van der Waals surface area contributed by atoms with Crippen molar-refractivity contribution < 1.29 is 4.79 Å². The number of hydrogen-bond donors (Lipinski definition) is 2. The van der Waals surface area contributed by atoms with E-state index in [1.165, 1.54) is 0 Å². The fourth-order valence-electron chi connectivity index (χ4n) is 1.43. The lowest BCUT2D eigenvalue weighted by Gasteiger charge is -2.11. The second kappa shape index (κ2) is 8.66. The highest BCUT2D eigenvalue weighted by Gasteiger charge is 2.06. The molecule has 106 valence electrons. The van der Waals surface area contributed by atoms with Gasteiger partial charge in [0.05, 0.1) is 5.69 Å². The second-order valence-corrected chi connectivity index (χ2v) is 6.16. The van der Waals surface area contributed by atoms with Crippen molar-refractivity contribution in [1.29, 1.82) is 0 Å². The number of rotatable bonds is 7. The zero-order valence-corrected chi connectivity index (χ0v) is 14.3. The Morgan fingerprint density at radius 2 is 2.21 bits per heavy atom. The highest BCUT2D eigenvalue weighted by Crippen LogP contribution is 2.19. The van der Waals surface area contributed by atoms with Crippen molar-refractivity contribution in [3.05, 3.63) is 26.9 Å². The summed E-state index contributed by atoms with van der Waals surface area (Å²) in [5.41, 5.74) is 0.936. The first kappa shape index (κ1) is 16.6. The van der Waals surface area contributed by atoms with Crippen molar-refractivity contribution >= 4 is 37.8 Å². The molecule has 1 amide bonds. The molecule has 2 N–H and O–H groups in total. The molecule has 1 unspecified atom stereocenters. The Bertz CT molecular complexity index is 426. The minimum absolute atomic E-state index is 0.0877. The van der Waals surface area contributed by atoms with Crippen LogP contribution in [0.1, 0.15) is 32.4 Å². The van der Waals surface area contributed by atoms with Crippen LogP contribution in [0.15, 0.2) is 21.2 Å². The van der Waals surface area contributed by atoms with Gasteiger partial charge in [0.25, 0.3) is 0 Å². The summed E-state index contributed by atoms with van der Waals surface area (Å²) in [6.07, 6.45) is 3.20. The van der Waals surface area contributed by atoms with E-state index >= 15 is 0 Å². The van der Waals surface area contributed by atoms with Gasteiger partial charge in [-0.2, -0.15) is 0 Å². The lowest BCUT2D eigenvalue weighted by molar-refractivity contribution is -0.121. The van der Waals surface area contributed by atoms with Gasteiger partial charge in [-0.05, 0) is 51.3 Å². The largest absolute Gasteiger partial charge is 0.354 e. The van der Waals surface area contributed by atoms with E-state index in [0.29, 0.717) is 19.5 Å². The maximum atomic E-state index is 11.6. The van der Waals surface area contributed by atoms with Crippen LogP contribution < -0.4 is 10.6 Å². The van der Waals surface area contributed by atoms with Crippen molar-refractivity contribution in [2.45, 2.75) is 39.3 Å². The molecule has 0 radical (unpaired) electrons. The molecule has 4 nitrogen and oxygen atoms in total. The maximum absolute atomic E-state index is 11.6. The standard InChI is InChI=1S/C13H19Br2N3O/c1-3-9(2)18-13(19)4-5-16-8-12-11(15)6-10(14)7-17-12/h6-7,9,16H,3-5,8H2,1-2H3,(H,18,19). The number of nitrogens with one attached hydrogen (secondary N) is 2. The third-order valence-electron chi connectivity index (χ3n) is 2.73. The van der Waals surface area contributed by atoms with E-state index in [1.54, 1.807) is 6.20 Å². The van der Waals surface area contributed by atoms with Crippen LogP contribution in [0.5, 0.6) is 0 Å². The average Bonchev–Trinajstić information content (AvgIpc) is 2.36. The smallest absolute Gasteiger partial charge is 0.221 e. The Hall–Kier alpha value is -0.460. The fourth-order valence-corrected chi connectivity index (χ4v) is 2.56. The van der Waals surface area contributed by atoms with Gasteiger partial charge in [-0.3, -0.25) is 9.78 Å². The number of aromatic nitrogens is 1. The quantitative estimate of drug-likeness (QED) is 0.701. The van der Waals surface area contributed by atoms with Gasteiger partial charge in [0, 0.05) is 40.7 Å². The molecule has 0 saturated heterocycles. The van der Waals surface area contributed by atoms with E-state index in [4.69, 9.17) is 0 Å². The molecule has 19 heavy (non-hydrogen) atoms. The first-order chi connectivity index (χ1) is 9.02. The monoisotopic (exact) mass is 391 g/mol. The summed E-state index contributed by atoms with van der Waals surface area (Å²) in [7, 11) is 0. The summed E-state index contributed by atoms with van der Waals surface area (Å²) < 4.78 is 1.90. The van der Waals surface area contributed by atoms with E-state index in [1.807, 2.05) is 13.0 Å². The molecule has 0 saturated carbocycles. The molecule has 0 aliphatic carbocycles. The summed E-state index contributed by atoms with van der Waals surface area (Å²) in [5, 5.41) is 6.15. The fraction of sp³-hybridized carbons (Fsp3) is 0.538. The van der Waals surface area contributed by atoms with E-state index in [0.717, 1.165) is 21.1 Å². The Labute approximate surface area is 131 Å². The maximum Gasteiger partial charge on any atom is 0.221 e. The summed E-state index contributed by atoms with van der Waals surface area (Å²) in [4.78, 5) is 15.9. The summed E-state index contributed by atoms with van der Waals surface area (Å²) in [6.45, 7) is 5.35. The lowest BCUT2D eigenvalue weighted by Crippen LogP contribution is -2.33. The van der Waals surface area contributed by atoms with Gasteiger partial charge in [0.15, 0.2) is 0 Å². The summed E-state index contributed by atoms with van der Waals surface area (Å²) in [6, 6.07) is 2.20. The number of hydrogen-bond acceptors (Lipinski definition) is 3. The van der Waals surface area contributed by atoms with Gasteiger partial charge in [0.2, 0.25) is 5.91 Å². The van der Waals surface area contributed by atoms with Crippen LogP contribution in [-0.2, 0) is 11.3 Å². The highest BCUT2D eigenvalue weighted by atomic mass is 79.9. The molecular formula is C13H19Br2N3O. The lowest BCUT2D eigenvalue weighted by atomic mass is 10.2. The van der Waals surface area contributed by atoms with Crippen molar-refractivity contribution in [2.24, 2.45) is 0 Å². The van der Waals surface area contributed by atoms with Gasteiger partial charge in [0.1, 0.15) is 0 Å². The average molecular weight is 393 g/mol. The third-order valence-corrected chi connectivity index (χ3v) is 3.85. The highest BCUT2D eigenvalue weighted by molar-refractivity contribution is 9.11. The van der Waals surface area contributed by atoms with Crippen LogP contribution in [0.4, 0.5) is 0 Å². The van der Waals surface area contributed by atoms with Crippen molar-refractivity contribution in [1.82, 2.24) is 15.6 Å². The Kier molecular flexibility index (Phi) is 7.56. The van der Waals surface area contributed by atoms with Crippen LogP contribution in [-0.4, -0.2) is 23.5 Å². The molecule has 1 rings (SSSR count). The molecule has 0 fully saturated rings. The number of amides is 1. The molecule has 0 aliphatic heterocycles. The minimum atomic E-state index is 0.0877. The number of carbonyl (C=O) groups excluding carboxylic acids is 1. The Balaban J connectivity index is 2.25. The van der Waals surface area contributed by atoms with E-state index in [9.17, 15) is 4.79 Å². The zero-order valence-electron chi connectivity index (χ0n) is 11.2. The van der Waals surface area contributed by atoms with E-state index < -0.39 is 0 Å². The van der Waals surface area contributed by atoms with Gasteiger partial charge in [-0.15, -0.1) is 0 Å². The predicted octanol–water partition coefficient (Wildman–Crippen LogP) is 3.00. The molecule has 0 aliphatic rings. The van der Waals surface area contributed by atoms with Crippen molar-refractivity contribution in [2.75, 3.05) is 6.54 Å². The molecule has 6 heteroatoms. The Morgan fingerprint density at radius 1 is 1.47 bits per heavy atom. The molecule has 1 aromatic rings. The molecule has 0 spiro atoms. The van der Waals surface area contributed by atoms with E-state index in [-0.39, 0.29) is 11.9 Å². The number of carbonyl (C=O) groups is 1. The topological polar surface area (TPSA) is 54.0 Å². The zero-order chi connectivity index (χ0) is 14.3. The number of pyridine rings is 1. The number of halogens is 2. The normalized spacial score (nSPS) is 12.2. The molecule has 1 aromatic heterocycles. The van der Waals surface area contributed by atoms with Crippen LogP contribution in [0, 0.1) is 0 Å². The van der Waals surface area contributed by atoms with Crippen LogP contribution in [0.25, 0.3) is 0 Å². The van der Waals surface area contributed by atoms with Crippen LogP contribution in [0.2, 0.25) is 0 Å². The van der Waals surface area contributed by atoms with E-state index in [2.05, 4.69) is 54.4 Å². The number of nitrogens with zero attached hydrogens (tertiary/aromatic N) is 1. The Morgan fingerprint density at radius 3 is 2.84 bits per heavy atom. The third kappa shape index (κ3) is 6.49. The van der Waals surface area contributed by atoms with Crippen LogP contribution in [0.3, 0.4) is 0 Å². The van der Waals surface area contributed by atoms with Crippen molar-refractivity contribution in [3.8, 4) is 0 Å². The van der Waals surface area contributed by atoms with Crippen LogP contribution >= 0.6 is 31.9 Å². The van der Waals surface area contributed by atoms with Gasteiger partial charge in [-0.1, -0.05) is 6.92 Å². The first-order valence-corrected chi connectivity index (χ1v) is 7.91. The molecular weight excluding hydrogens is 374 g/mol. The van der Waals surface area contributed by atoms with Gasteiger partial charge in [-0.25, -0.2) is 0 Å². The SMILES string of the molecule is CCC(C)NC(=O)CCNCc1ncc(Br)cc1Br. The first-order valence-electron chi connectivity index (χ1n) is 6.33. The molecule has 0 aromatic carbocycles. The van der Waals surface area contributed by atoms with Crippen molar-refractivity contribution in [3.63, 3.8) is 0 Å². The molecule has 1 heterocycles. The van der Waals surface area contributed by atoms with Gasteiger partial charge < -0.3 is 10.6 Å². The predicted molar refractivity (Wildman–Crippen MR) is 83.9 cm³/mol.